The van der Waals surface area contributed by atoms with E-state index >= 15 is 0 Å². The van der Waals surface area contributed by atoms with Crippen LogP contribution in [-0.2, 0) is 21.4 Å². The van der Waals surface area contributed by atoms with Crippen molar-refractivity contribution in [2.45, 2.75) is 43.5 Å². The van der Waals surface area contributed by atoms with E-state index in [1.165, 1.54) is 24.1 Å². The van der Waals surface area contributed by atoms with Crippen molar-refractivity contribution in [3.63, 3.8) is 0 Å². The Balaban J connectivity index is 1.85. The molecule has 0 aliphatic heterocycles. The van der Waals surface area contributed by atoms with Gasteiger partial charge in [0.15, 0.2) is 0 Å². The highest BCUT2D eigenvalue weighted by molar-refractivity contribution is 7.89. The molecule has 0 bridgehead atoms. The molecular formula is C15H20N2O3S. The maximum Gasteiger partial charge on any atom is 0.238 e. The summed E-state index contributed by atoms with van der Waals surface area (Å²) in [6.07, 6.45) is 7.06. The molecule has 2 rings (SSSR count). The van der Waals surface area contributed by atoms with E-state index in [-0.39, 0.29) is 10.8 Å². The summed E-state index contributed by atoms with van der Waals surface area (Å²) in [7, 11) is -3.66. The minimum atomic E-state index is -3.66. The molecule has 1 aromatic carbocycles. The van der Waals surface area contributed by atoms with Gasteiger partial charge < -0.3 is 5.32 Å². The van der Waals surface area contributed by atoms with Gasteiger partial charge in [-0.3, -0.25) is 4.79 Å². The van der Waals surface area contributed by atoms with E-state index in [0.29, 0.717) is 13.0 Å². The summed E-state index contributed by atoms with van der Waals surface area (Å²) in [6.45, 7) is 0.386. The number of sulfonamides is 1. The van der Waals surface area contributed by atoms with Crippen molar-refractivity contribution in [3.05, 3.63) is 41.5 Å². The summed E-state index contributed by atoms with van der Waals surface area (Å²) < 4.78 is 22.3. The molecule has 1 aliphatic carbocycles. The lowest BCUT2D eigenvalue weighted by molar-refractivity contribution is -0.120. The van der Waals surface area contributed by atoms with Crippen molar-refractivity contribution in [1.29, 1.82) is 0 Å². The van der Waals surface area contributed by atoms with Gasteiger partial charge in [0.05, 0.1) is 4.90 Å². The fourth-order valence-electron chi connectivity index (χ4n) is 2.33. The molecule has 0 spiro atoms. The number of allylic oxidation sites excluding steroid dienone is 1. The average molecular weight is 308 g/mol. The maximum absolute atomic E-state index is 11.8. The van der Waals surface area contributed by atoms with E-state index in [1.807, 2.05) is 0 Å². The molecule has 0 saturated carbocycles. The van der Waals surface area contributed by atoms with E-state index in [9.17, 15) is 13.2 Å². The smallest absolute Gasteiger partial charge is 0.238 e. The van der Waals surface area contributed by atoms with Gasteiger partial charge in [-0.05, 0) is 43.4 Å². The minimum Gasteiger partial charge on any atom is -0.352 e. The molecule has 5 nitrogen and oxygen atoms in total. The molecule has 0 saturated heterocycles. The molecule has 1 amide bonds. The lowest BCUT2D eigenvalue weighted by Crippen LogP contribution is -2.23. The van der Waals surface area contributed by atoms with Crippen LogP contribution in [0.3, 0.4) is 0 Å². The van der Waals surface area contributed by atoms with Gasteiger partial charge in [-0.15, -0.1) is 0 Å². The molecule has 0 atom stereocenters. The van der Waals surface area contributed by atoms with Crippen molar-refractivity contribution in [1.82, 2.24) is 5.32 Å². The Bertz CT molecular complexity index is 633. The van der Waals surface area contributed by atoms with Gasteiger partial charge >= 0.3 is 0 Å². The first-order chi connectivity index (χ1) is 9.95. The number of nitrogens with one attached hydrogen (secondary N) is 1. The molecule has 0 unspecified atom stereocenters. The number of primary sulfonamides is 1. The van der Waals surface area contributed by atoms with Crippen LogP contribution in [0.25, 0.3) is 0 Å². The van der Waals surface area contributed by atoms with Gasteiger partial charge in [0, 0.05) is 13.0 Å². The number of rotatable bonds is 5. The van der Waals surface area contributed by atoms with Crippen molar-refractivity contribution >= 4 is 15.9 Å². The summed E-state index contributed by atoms with van der Waals surface area (Å²) in [4.78, 5) is 11.9. The molecule has 0 aromatic heterocycles. The van der Waals surface area contributed by atoms with Crippen LogP contribution >= 0.6 is 0 Å². The van der Waals surface area contributed by atoms with Gasteiger partial charge in [-0.25, -0.2) is 13.6 Å². The number of carbonyl (C=O) groups excluding carboxylic acids is 1. The third kappa shape index (κ3) is 4.99. The van der Waals surface area contributed by atoms with Crippen LogP contribution in [0.15, 0.2) is 40.8 Å². The second-order valence-electron chi connectivity index (χ2n) is 5.25. The highest BCUT2D eigenvalue weighted by Gasteiger charge is 2.10. The van der Waals surface area contributed by atoms with Crippen LogP contribution in [0.1, 0.15) is 37.7 Å². The molecule has 0 heterocycles. The zero-order valence-corrected chi connectivity index (χ0v) is 12.7. The Morgan fingerprint density at radius 3 is 2.48 bits per heavy atom. The van der Waals surface area contributed by atoms with E-state index in [2.05, 4.69) is 11.4 Å². The summed E-state index contributed by atoms with van der Waals surface area (Å²) in [5.41, 5.74) is 2.05. The van der Waals surface area contributed by atoms with E-state index in [4.69, 9.17) is 5.14 Å². The standard InChI is InChI=1S/C15H20N2O3S/c16-21(19,20)14-8-6-13(7-9-14)11-17-15(18)10-12-4-2-1-3-5-12/h4,6-9H,1-3,5,10-11H2,(H,17,18)(H2,16,19,20). The zero-order chi connectivity index (χ0) is 15.3. The van der Waals surface area contributed by atoms with Gasteiger partial charge in [-0.2, -0.15) is 0 Å². The predicted octanol–water partition coefficient (Wildman–Crippen LogP) is 1.84. The Kier molecular flexibility index (Phi) is 5.14. The number of hydrogen-bond donors (Lipinski definition) is 2. The van der Waals surface area contributed by atoms with Crippen LogP contribution in [0, 0.1) is 0 Å². The third-order valence-corrected chi connectivity index (χ3v) is 4.44. The highest BCUT2D eigenvalue weighted by atomic mass is 32.2. The summed E-state index contributed by atoms with van der Waals surface area (Å²) in [6, 6.07) is 6.20. The SMILES string of the molecule is NS(=O)(=O)c1ccc(CNC(=O)CC2=CCCCC2)cc1. The quantitative estimate of drug-likeness (QED) is 0.813. The normalized spacial score (nSPS) is 15.4. The predicted molar refractivity (Wildman–Crippen MR) is 80.8 cm³/mol. The van der Waals surface area contributed by atoms with Gasteiger partial charge in [-0.1, -0.05) is 23.8 Å². The maximum atomic E-state index is 11.8. The molecule has 3 N–H and O–H groups in total. The zero-order valence-electron chi connectivity index (χ0n) is 11.8. The van der Waals surface area contributed by atoms with Crippen molar-refractivity contribution in [2.75, 3.05) is 0 Å². The van der Waals surface area contributed by atoms with Crippen molar-refractivity contribution < 1.29 is 13.2 Å². The van der Waals surface area contributed by atoms with Crippen LogP contribution in [0.2, 0.25) is 0 Å². The Morgan fingerprint density at radius 2 is 1.90 bits per heavy atom. The molecule has 21 heavy (non-hydrogen) atoms. The Hall–Kier alpha value is -1.66. The van der Waals surface area contributed by atoms with Gasteiger partial charge in [0.1, 0.15) is 0 Å². The van der Waals surface area contributed by atoms with Crippen molar-refractivity contribution in [3.8, 4) is 0 Å². The number of carbonyl (C=O) groups is 1. The summed E-state index contributed by atoms with van der Waals surface area (Å²) in [5.74, 6) is -0.00123. The lowest BCUT2D eigenvalue weighted by Gasteiger charge is -2.12. The van der Waals surface area contributed by atoms with Crippen LogP contribution in [0.5, 0.6) is 0 Å². The van der Waals surface area contributed by atoms with Crippen LogP contribution in [0.4, 0.5) is 0 Å². The fraction of sp³-hybridized carbons (Fsp3) is 0.400. The van der Waals surface area contributed by atoms with Gasteiger partial charge in [0.2, 0.25) is 15.9 Å². The van der Waals surface area contributed by atoms with Crippen molar-refractivity contribution in [2.24, 2.45) is 5.14 Å². The highest BCUT2D eigenvalue weighted by Crippen LogP contribution is 2.19. The van der Waals surface area contributed by atoms with E-state index in [0.717, 1.165) is 24.8 Å². The second kappa shape index (κ2) is 6.87. The molecule has 0 radical (unpaired) electrons. The molecule has 114 valence electrons. The van der Waals surface area contributed by atoms with E-state index < -0.39 is 10.0 Å². The first-order valence-corrected chi connectivity index (χ1v) is 8.56. The first kappa shape index (κ1) is 15.7. The molecular weight excluding hydrogens is 288 g/mol. The number of benzene rings is 1. The van der Waals surface area contributed by atoms with Gasteiger partial charge in [0.25, 0.3) is 0 Å². The molecule has 1 aromatic rings. The molecule has 1 aliphatic rings. The minimum absolute atomic E-state index is 0.00123. The monoisotopic (exact) mass is 308 g/mol. The summed E-state index contributed by atoms with van der Waals surface area (Å²) >= 11 is 0. The van der Waals surface area contributed by atoms with Crippen LogP contribution < -0.4 is 10.5 Å². The summed E-state index contributed by atoms with van der Waals surface area (Å²) in [5, 5.41) is 7.87. The second-order valence-corrected chi connectivity index (χ2v) is 6.81. The fourth-order valence-corrected chi connectivity index (χ4v) is 2.85. The van der Waals surface area contributed by atoms with E-state index in [1.54, 1.807) is 12.1 Å². The topological polar surface area (TPSA) is 89.3 Å². The lowest BCUT2D eigenvalue weighted by atomic mass is 9.97. The first-order valence-electron chi connectivity index (χ1n) is 7.01. The number of nitrogens with two attached hydrogens (primary N) is 1. The Labute approximate surface area is 125 Å². The van der Waals surface area contributed by atoms with Crippen LogP contribution in [-0.4, -0.2) is 14.3 Å². The number of hydrogen-bond acceptors (Lipinski definition) is 3. The molecule has 0 fully saturated rings. The average Bonchev–Trinajstić information content (AvgIpc) is 2.46. The largest absolute Gasteiger partial charge is 0.352 e. The molecule has 6 heteroatoms. The number of amides is 1. The Morgan fingerprint density at radius 1 is 1.19 bits per heavy atom. The third-order valence-electron chi connectivity index (χ3n) is 3.51.